The van der Waals surface area contributed by atoms with E-state index < -0.39 is 0 Å². The highest BCUT2D eigenvalue weighted by molar-refractivity contribution is 5.69. The third-order valence-corrected chi connectivity index (χ3v) is 1.32. The maximum Gasteiger partial charge on any atom is 0.181 e. The van der Waals surface area contributed by atoms with Crippen LogP contribution in [0.15, 0.2) is 12.8 Å². The molecule has 11 heavy (non-hydrogen) atoms. The van der Waals surface area contributed by atoms with Crippen molar-refractivity contribution < 1.29 is 0 Å². The number of imidazole rings is 1. The van der Waals surface area contributed by atoms with Gasteiger partial charge in [-0.1, -0.05) is 6.58 Å². The van der Waals surface area contributed by atoms with Crippen LogP contribution in [-0.4, -0.2) is 19.9 Å². The molecule has 0 aliphatic heterocycles. The summed E-state index contributed by atoms with van der Waals surface area (Å²) in [7, 11) is 0. The normalized spacial score (nSPS) is 10.2. The van der Waals surface area contributed by atoms with E-state index in [2.05, 4.69) is 32.8 Å². The molecule has 0 aromatic carbocycles. The summed E-state index contributed by atoms with van der Waals surface area (Å²) in [5.41, 5.74) is 1.41. The standard InChI is InChI=1S/C7H5N4/c1-2-6-8-3-5-7(11-6)10-4-9-5/h2-3H,1H2,(H,8,9,10,11). The van der Waals surface area contributed by atoms with Crippen LogP contribution in [0.2, 0.25) is 0 Å². The van der Waals surface area contributed by atoms with Gasteiger partial charge in [-0.2, -0.15) is 0 Å². The number of nitrogens with one attached hydrogen (secondary N) is 1. The minimum Gasteiger partial charge on any atom is -0.333 e. The first-order valence-corrected chi connectivity index (χ1v) is 3.11. The zero-order valence-electron chi connectivity index (χ0n) is 5.70. The number of fused-ring (bicyclic) bond motifs is 1. The van der Waals surface area contributed by atoms with Crippen LogP contribution < -0.4 is 0 Å². The molecule has 53 valence electrons. The van der Waals surface area contributed by atoms with Gasteiger partial charge in [0.15, 0.2) is 17.8 Å². The van der Waals surface area contributed by atoms with E-state index in [1.807, 2.05) is 0 Å². The van der Waals surface area contributed by atoms with Gasteiger partial charge < -0.3 is 4.98 Å². The molecule has 4 nitrogen and oxygen atoms in total. The van der Waals surface area contributed by atoms with Crippen LogP contribution in [0.25, 0.3) is 17.2 Å². The molecule has 0 atom stereocenters. The molecule has 1 N–H and O–H groups in total. The smallest absolute Gasteiger partial charge is 0.181 e. The molecule has 0 saturated carbocycles. The van der Waals surface area contributed by atoms with Crippen molar-refractivity contribution in [3.05, 3.63) is 24.9 Å². The predicted molar refractivity (Wildman–Crippen MR) is 40.6 cm³/mol. The Morgan fingerprint density at radius 2 is 2.55 bits per heavy atom. The lowest BCUT2D eigenvalue weighted by atomic mass is 10.5. The maximum absolute atomic E-state index is 4.05. The Labute approximate surface area is 63.0 Å². The van der Waals surface area contributed by atoms with E-state index in [0.717, 1.165) is 5.52 Å². The Kier molecular flexibility index (Phi) is 1.18. The van der Waals surface area contributed by atoms with E-state index in [-0.39, 0.29) is 0 Å². The Morgan fingerprint density at radius 3 is 3.36 bits per heavy atom. The molecule has 0 aliphatic rings. The number of nitrogens with zero attached hydrogens (tertiary/aromatic N) is 3. The van der Waals surface area contributed by atoms with E-state index in [1.54, 1.807) is 12.3 Å². The van der Waals surface area contributed by atoms with Gasteiger partial charge in [0.25, 0.3) is 0 Å². The fraction of sp³-hybridized carbons (Fsp3) is 0. The number of hydrogen-bond acceptors (Lipinski definition) is 3. The summed E-state index contributed by atoms with van der Waals surface area (Å²) >= 11 is 0. The van der Waals surface area contributed by atoms with Crippen molar-refractivity contribution in [1.29, 1.82) is 0 Å². The molecule has 0 aliphatic carbocycles. The van der Waals surface area contributed by atoms with Gasteiger partial charge in [0.2, 0.25) is 0 Å². The van der Waals surface area contributed by atoms with Crippen LogP contribution >= 0.6 is 0 Å². The van der Waals surface area contributed by atoms with Gasteiger partial charge in [-0.15, -0.1) is 0 Å². The SMILES string of the molecule is C=Cc1ncc2[nH][c]nc2n1. The van der Waals surface area contributed by atoms with Crippen molar-refractivity contribution in [1.82, 2.24) is 19.9 Å². The number of aromatic amines is 1. The highest BCUT2D eigenvalue weighted by Crippen LogP contribution is 2.03. The minimum absolute atomic E-state index is 0.581. The van der Waals surface area contributed by atoms with Gasteiger partial charge >= 0.3 is 0 Å². The Balaban J connectivity index is 2.76. The van der Waals surface area contributed by atoms with E-state index in [1.165, 1.54) is 0 Å². The molecule has 2 rings (SSSR count). The molecule has 2 aromatic heterocycles. The van der Waals surface area contributed by atoms with Gasteiger partial charge in [-0.05, 0) is 6.08 Å². The third-order valence-electron chi connectivity index (χ3n) is 1.32. The summed E-state index contributed by atoms with van der Waals surface area (Å²) in [6, 6.07) is 0. The van der Waals surface area contributed by atoms with E-state index >= 15 is 0 Å². The van der Waals surface area contributed by atoms with Crippen LogP contribution in [0.3, 0.4) is 0 Å². The van der Waals surface area contributed by atoms with Crippen molar-refractivity contribution >= 4 is 17.2 Å². The largest absolute Gasteiger partial charge is 0.333 e. The van der Waals surface area contributed by atoms with Crippen LogP contribution in [0.4, 0.5) is 0 Å². The molecule has 0 amide bonds. The van der Waals surface area contributed by atoms with Crippen LogP contribution in [0, 0.1) is 6.33 Å². The lowest BCUT2D eigenvalue weighted by molar-refractivity contribution is 1.17. The molecule has 0 bridgehead atoms. The topological polar surface area (TPSA) is 54.5 Å². The Hall–Kier alpha value is -1.71. The predicted octanol–water partition coefficient (Wildman–Crippen LogP) is 0.796. The molecule has 1 radical (unpaired) electrons. The highest BCUT2D eigenvalue weighted by atomic mass is 15.0. The number of aromatic nitrogens is 4. The lowest BCUT2D eigenvalue weighted by Gasteiger charge is -1.88. The Morgan fingerprint density at radius 1 is 1.64 bits per heavy atom. The van der Waals surface area contributed by atoms with Crippen molar-refractivity contribution in [3.63, 3.8) is 0 Å². The minimum atomic E-state index is 0.581. The molecular weight excluding hydrogens is 140 g/mol. The fourth-order valence-corrected chi connectivity index (χ4v) is 0.799. The first kappa shape index (κ1) is 6.03. The van der Waals surface area contributed by atoms with E-state index in [9.17, 15) is 0 Å². The average molecular weight is 145 g/mol. The van der Waals surface area contributed by atoms with Gasteiger partial charge in [0.1, 0.15) is 5.52 Å². The Bertz CT molecular complexity index is 390. The average Bonchev–Trinajstić information content (AvgIpc) is 2.50. The van der Waals surface area contributed by atoms with E-state index in [4.69, 9.17) is 0 Å². The quantitative estimate of drug-likeness (QED) is 0.645. The molecule has 0 saturated heterocycles. The summed E-state index contributed by atoms with van der Waals surface area (Å²) in [6.07, 6.45) is 5.81. The first-order valence-electron chi connectivity index (χ1n) is 3.11. The van der Waals surface area contributed by atoms with Gasteiger partial charge in [0, 0.05) is 0 Å². The summed E-state index contributed by atoms with van der Waals surface area (Å²) in [5, 5.41) is 0. The molecule has 0 spiro atoms. The molecule has 2 heterocycles. The van der Waals surface area contributed by atoms with Gasteiger partial charge in [-0.3, -0.25) is 0 Å². The third kappa shape index (κ3) is 0.881. The summed E-state index contributed by atoms with van der Waals surface area (Å²) in [4.78, 5) is 14.7. The fourth-order valence-electron chi connectivity index (χ4n) is 0.799. The molecule has 0 unspecified atom stereocenters. The molecule has 0 fully saturated rings. The van der Waals surface area contributed by atoms with Crippen molar-refractivity contribution in [3.8, 4) is 0 Å². The van der Waals surface area contributed by atoms with Crippen LogP contribution in [-0.2, 0) is 0 Å². The summed E-state index contributed by atoms with van der Waals surface area (Å²) in [5.74, 6) is 0.581. The monoisotopic (exact) mass is 145 g/mol. The van der Waals surface area contributed by atoms with Crippen LogP contribution in [0.1, 0.15) is 5.82 Å². The first-order chi connectivity index (χ1) is 5.40. The number of hydrogen-bond donors (Lipinski definition) is 1. The summed E-state index contributed by atoms with van der Waals surface area (Å²) < 4.78 is 0. The zero-order chi connectivity index (χ0) is 7.68. The van der Waals surface area contributed by atoms with Crippen molar-refractivity contribution in [2.45, 2.75) is 0 Å². The van der Waals surface area contributed by atoms with Gasteiger partial charge in [0.05, 0.1) is 6.20 Å². The number of rotatable bonds is 1. The maximum atomic E-state index is 4.05. The van der Waals surface area contributed by atoms with Gasteiger partial charge in [-0.25, -0.2) is 15.0 Å². The van der Waals surface area contributed by atoms with Crippen molar-refractivity contribution in [2.75, 3.05) is 0 Å². The van der Waals surface area contributed by atoms with Crippen LogP contribution in [0.5, 0.6) is 0 Å². The second kappa shape index (κ2) is 2.16. The molecule has 2 aromatic rings. The van der Waals surface area contributed by atoms with E-state index in [0.29, 0.717) is 11.5 Å². The zero-order valence-corrected chi connectivity index (χ0v) is 5.70. The second-order valence-corrected chi connectivity index (χ2v) is 2.02. The van der Waals surface area contributed by atoms with Crippen molar-refractivity contribution in [2.24, 2.45) is 0 Å². The summed E-state index contributed by atoms with van der Waals surface area (Å²) in [6.45, 7) is 3.55. The molecular formula is C7H5N4. The lowest BCUT2D eigenvalue weighted by Crippen LogP contribution is -1.86. The second-order valence-electron chi connectivity index (χ2n) is 2.02. The molecule has 4 heteroatoms. The number of H-pyrrole nitrogens is 1. The highest BCUT2D eigenvalue weighted by Gasteiger charge is 1.97.